The summed E-state index contributed by atoms with van der Waals surface area (Å²) >= 11 is 0. The maximum Gasteiger partial charge on any atom is 0.169 e. The lowest BCUT2D eigenvalue weighted by Crippen LogP contribution is -2.09. The van der Waals surface area contributed by atoms with E-state index in [-0.39, 0.29) is 0 Å². The first-order chi connectivity index (χ1) is 7.31. The van der Waals surface area contributed by atoms with Crippen LogP contribution in [0.4, 0.5) is 5.82 Å². The third-order valence-electron chi connectivity index (χ3n) is 2.11. The first kappa shape index (κ1) is 9.57. The maximum absolute atomic E-state index is 5.67. The van der Waals surface area contributed by atoms with Crippen LogP contribution in [0.1, 0.15) is 18.4 Å². The minimum atomic E-state index is 0.480. The summed E-state index contributed by atoms with van der Waals surface area (Å²) in [5, 5.41) is 7.76. The smallest absolute Gasteiger partial charge is 0.169 e. The summed E-state index contributed by atoms with van der Waals surface area (Å²) in [7, 11) is 0. The Bertz CT molecular complexity index is 435. The zero-order valence-electron chi connectivity index (χ0n) is 8.46. The van der Waals surface area contributed by atoms with Crippen LogP contribution in [0, 0.1) is 0 Å². The highest BCUT2D eigenvalue weighted by atomic mass is 15.4. The normalized spacial score (nSPS) is 10.5. The van der Waals surface area contributed by atoms with E-state index in [1.165, 1.54) is 0 Å². The van der Waals surface area contributed by atoms with Crippen molar-refractivity contribution in [3.8, 4) is 0 Å². The number of nitrogen functional groups attached to an aromatic ring is 1. The molecule has 2 aromatic rings. The van der Waals surface area contributed by atoms with Crippen LogP contribution in [0.15, 0.2) is 18.5 Å². The van der Waals surface area contributed by atoms with E-state index < -0.39 is 0 Å². The molecule has 0 atom stereocenters. The predicted molar refractivity (Wildman–Crippen MR) is 54.9 cm³/mol. The molecule has 15 heavy (non-hydrogen) atoms. The van der Waals surface area contributed by atoms with Crippen molar-refractivity contribution in [2.24, 2.45) is 0 Å². The van der Waals surface area contributed by atoms with E-state index in [9.17, 15) is 0 Å². The number of nitrogens with two attached hydrogens (primary N) is 1. The molecule has 0 aliphatic rings. The average Bonchev–Trinajstić information content (AvgIpc) is 2.61. The Morgan fingerprint density at radius 2 is 2.07 bits per heavy atom. The maximum atomic E-state index is 5.67. The minimum Gasteiger partial charge on any atom is -0.381 e. The van der Waals surface area contributed by atoms with Crippen molar-refractivity contribution in [1.29, 1.82) is 0 Å². The molecule has 0 spiro atoms. The molecule has 2 aromatic heterocycles. The van der Waals surface area contributed by atoms with Crippen LogP contribution in [-0.2, 0) is 13.0 Å². The Morgan fingerprint density at radius 3 is 2.73 bits per heavy atom. The Balaban J connectivity index is 2.25. The van der Waals surface area contributed by atoms with Gasteiger partial charge in [-0.3, -0.25) is 0 Å². The Hall–Kier alpha value is -1.98. The predicted octanol–water partition coefficient (Wildman–Crippen LogP) is 0.261. The molecule has 0 bridgehead atoms. The summed E-state index contributed by atoms with van der Waals surface area (Å²) in [4.78, 5) is 8.24. The molecule has 0 saturated heterocycles. The van der Waals surface area contributed by atoms with Crippen LogP contribution >= 0.6 is 0 Å². The van der Waals surface area contributed by atoms with E-state index in [4.69, 9.17) is 5.73 Å². The second-order valence-corrected chi connectivity index (χ2v) is 3.10. The standard InChI is InChI=1S/C9H12N6/c1-2-7-9(10)13-14-15(7)6-8-11-4-3-5-12-8/h3-5H,2,6,10H2,1H3. The highest BCUT2D eigenvalue weighted by Crippen LogP contribution is 2.08. The van der Waals surface area contributed by atoms with Gasteiger partial charge < -0.3 is 5.73 Å². The highest BCUT2D eigenvalue weighted by Gasteiger charge is 2.08. The van der Waals surface area contributed by atoms with Gasteiger partial charge in [-0.2, -0.15) is 0 Å². The fraction of sp³-hybridized carbons (Fsp3) is 0.333. The molecular formula is C9H12N6. The fourth-order valence-electron chi connectivity index (χ4n) is 1.38. The van der Waals surface area contributed by atoms with Crippen LogP contribution < -0.4 is 5.73 Å². The number of hydrogen-bond donors (Lipinski definition) is 1. The molecular weight excluding hydrogens is 192 g/mol. The van der Waals surface area contributed by atoms with Crippen molar-refractivity contribution < 1.29 is 0 Å². The van der Waals surface area contributed by atoms with Gasteiger partial charge in [-0.05, 0) is 12.5 Å². The zero-order valence-corrected chi connectivity index (χ0v) is 8.46. The topological polar surface area (TPSA) is 82.5 Å². The van der Waals surface area contributed by atoms with Gasteiger partial charge >= 0.3 is 0 Å². The van der Waals surface area contributed by atoms with Gasteiger partial charge in [0.05, 0.1) is 5.69 Å². The molecule has 0 aliphatic heterocycles. The van der Waals surface area contributed by atoms with Crippen molar-refractivity contribution in [1.82, 2.24) is 25.0 Å². The van der Waals surface area contributed by atoms with Gasteiger partial charge in [0.25, 0.3) is 0 Å². The third-order valence-corrected chi connectivity index (χ3v) is 2.11. The highest BCUT2D eigenvalue weighted by molar-refractivity contribution is 5.32. The molecule has 0 radical (unpaired) electrons. The molecule has 0 amide bonds. The number of nitrogens with zero attached hydrogens (tertiary/aromatic N) is 5. The van der Waals surface area contributed by atoms with Crippen molar-refractivity contribution in [2.75, 3.05) is 5.73 Å². The number of rotatable bonds is 3. The Morgan fingerprint density at radius 1 is 1.33 bits per heavy atom. The van der Waals surface area contributed by atoms with E-state index in [0.717, 1.165) is 12.1 Å². The van der Waals surface area contributed by atoms with Crippen molar-refractivity contribution in [3.63, 3.8) is 0 Å². The summed E-state index contributed by atoms with van der Waals surface area (Å²) in [5.41, 5.74) is 6.59. The van der Waals surface area contributed by atoms with Gasteiger partial charge in [0.15, 0.2) is 5.82 Å². The monoisotopic (exact) mass is 204 g/mol. The van der Waals surface area contributed by atoms with Crippen LogP contribution in [0.25, 0.3) is 0 Å². The van der Waals surface area contributed by atoms with Gasteiger partial charge in [-0.1, -0.05) is 12.1 Å². The molecule has 0 aliphatic carbocycles. The van der Waals surface area contributed by atoms with E-state index >= 15 is 0 Å². The summed E-state index contributed by atoms with van der Waals surface area (Å²) in [5.74, 6) is 1.19. The molecule has 0 saturated carbocycles. The summed E-state index contributed by atoms with van der Waals surface area (Å²) < 4.78 is 1.73. The third kappa shape index (κ3) is 1.93. The molecule has 0 aromatic carbocycles. The van der Waals surface area contributed by atoms with Gasteiger partial charge in [-0.25, -0.2) is 14.6 Å². The molecule has 0 unspecified atom stereocenters. The molecule has 2 heterocycles. The van der Waals surface area contributed by atoms with Gasteiger partial charge in [0, 0.05) is 12.4 Å². The molecule has 2 rings (SSSR count). The van der Waals surface area contributed by atoms with Crippen molar-refractivity contribution in [3.05, 3.63) is 30.0 Å². The molecule has 6 nitrogen and oxygen atoms in total. The van der Waals surface area contributed by atoms with E-state index in [1.807, 2.05) is 6.92 Å². The lowest BCUT2D eigenvalue weighted by atomic mass is 10.3. The largest absolute Gasteiger partial charge is 0.381 e. The van der Waals surface area contributed by atoms with Gasteiger partial charge in [-0.15, -0.1) is 5.10 Å². The lowest BCUT2D eigenvalue weighted by Gasteiger charge is -2.02. The lowest BCUT2D eigenvalue weighted by molar-refractivity contribution is 0.600. The van der Waals surface area contributed by atoms with Crippen LogP contribution in [-0.4, -0.2) is 25.0 Å². The van der Waals surface area contributed by atoms with Gasteiger partial charge in [0.2, 0.25) is 0 Å². The fourth-order valence-corrected chi connectivity index (χ4v) is 1.38. The SMILES string of the molecule is CCc1c(N)nnn1Cc1ncccn1. The summed E-state index contributed by atoms with van der Waals surface area (Å²) in [6.07, 6.45) is 4.20. The van der Waals surface area contributed by atoms with Crippen LogP contribution in [0.2, 0.25) is 0 Å². The zero-order chi connectivity index (χ0) is 10.7. The molecule has 2 N–H and O–H groups in total. The molecule has 0 fully saturated rings. The second-order valence-electron chi connectivity index (χ2n) is 3.10. The molecule has 6 heteroatoms. The summed E-state index contributed by atoms with van der Waals surface area (Å²) in [6, 6.07) is 1.78. The van der Waals surface area contributed by atoms with Crippen molar-refractivity contribution >= 4 is 5.82 Å². The molecule has 78 valence electrons. The van der Waals surface area contributed by atoms with Crippen LogP contribution in [0.3, 0.4) is 0 Å². The Labute approximate surface area is 87.2 Å². The first-order valence-corrected chi connectivity index (χ1v) is 4.75. The number of aromatic nitrogens is 5. The van der Waals surface area contributed by atoms with E-state index in [1.54, 1.807) is 23.1 Å². The first-order valence-electron chi connectivity index (χ1n) is 4.75. The number of hydrogen-bond acceptors (Lipinski definition) is 5. The quantitative estimate of drug-likeness (QED) is 0.775. The second kappa shape index (κ2) is 4.04. The van der Waals surface area contributed by atoms with Crippen molar-refractivity contribution in [2.45, 2.75) is 19.9 Å². The Kier molecular flexibility index (Phi) is 2.57. The van der Waals surface area contributed by atoms with Gasteiger partial charge in [0.1, 0.15) is 12.4 Å². The van der Waals surface area contributed by atoms with Crippen LogP contribution in [0.5, 0.6) is 0 Å². The van der Waals surface area contributed by atoms with E-state index in [0.29, 0.717) is 18.2 Å². The average molecular weight is 204 g/mol. The van der Waals surface area contributed by atoms with E-state index in [2.05, 4.69) is 20.3 Å². The summed E-state index contributed by atoms with van der Waals surface area (Å²) in [6.45, 7) is 2.52. The number of anilines is 1. The minimum absolute atomic E-state index is 0.480.